The lowest BCUT2D eigenvalue weighted by atomic mass is 10.0. The summed E-state index contributed by atoms with van der Waals surface area (Å²) < 4.78 is 5.87. The third kappa shape index (κ3) is 3.37. The van der Waals surface area contributed by atoms with Crippen LogP contribution in [-0.4, -0.2) is 22.5 Å². The van der Waals surface area contributed by atoms with E-state index < -0.39 is 17.4 Å². The van der Waals surface area contributed by atoms with Crippen LogP contribution in [0.4, 0.5) is 0 Å². The van der Waals surface area contributed by atoms with Crippen molar-refractivity contribution in [2.24, 2.45) is 0 Å². The van der Waals surface area contributed by atoms with E-state index in [0.29, 0.717) is 16.4 Å². The average molecular weight is 358 g/mol. The van der Waals surface area contributed by atoms with Crippen molar-refractivity contribution in [3.05, 3.63) is 59.1 Å². The molecule has 0 unspecified atom stereocenters. The molecule has 0 radical (unpaired) electrons. The Bertz CT molecular complexity index is 957. The number of carbonyl (C=O) groups excluding carboxylic acids is 1. The molecule has 0 spiro atoms. The molecule has 0 aliphatic carbocycles. The van der Waals surface area contributed by atoms with Crippen molar-refractivity contribution in [1.29, 1.82) is 0 Å². The number of carboxylic acid groups (broad SMARTS) is 1. The van der Waals surface area contributed by atoms with Gasteiger partial charge in [-0.3, -0.25) is 4.79 Å². The highest BCUT2D eigenvalue weighted by Crippen LogP contribution is 2.30. The topological polar surface area (TPSA) is 79.5 Å². The number of nitrogens with one attached hydrogen (secondary N) is 1. The van der Waals surface area contributed by atoms with Gasteiger partial charge in [0.1, 0.15) is 16.9 Å². The molecule has 6 heteroatoms. The number of carbonyl (C=O) groups is 2. The van der Waals surface area contributed by atoms with Gasteiger partial charge in [-0.2, -0.15) is 0 Å². The highest BCUT2D eigenvalue weighted by Gasteiger charge is 2.30. The molecule has 0 bridgehead atoms. The molecule has 1 amide bonds. The van der Waals surface area contributed by atoms with E-state index in [9.17, 15) is 14.7 Å². The minimum atomic E-state index is -1.38. The molecular weight excluding hydrogens is 342 g/mol. The first-order valence-electron chi connectivity index (χ1n) is 7.62. The highest BCUT2D eigenvalue weighted by molar-refractivity contribution is 6.30. The number of halogens is 1. The van der Waals surface area contributed by atoms with Crippen molar-refractivity contribution in [1.82, 2.24) is 5.32 Å². The molecule has 25 heavy (non-hydrogen) atoms. The Morgan fingerprint density at radius 2 is 1.80 bits per heavy atom. The molecule has 0 saturated carbocycles. The lowest BCUT2D eigenvalue weighted by Gasteiger charge is -2.20. The molecule has 5 nitrogen and oxygen atoms in total. The first kappa shape index (κ1) is 17.0. The predicted molar refractivity (Wildman–Crippen MR) is 95.8 cm³/mol. The molecule has 0 atom stereocenters. The van der Waals surface area contributed by atoms with Crippen LogP contribution in [0.15, 0.2) is 52.9 Å². The predicted octanol–water partition coefficient (Wildman–Crippen LogP) is 4.35. The number of para-hydroxylation sites is 1. The van der Waals surface area contributed by atoms with Crippen LogP contribution >= 0.6 is 11.6 Å². The van der Waals surface area contributed by atoms with Gasteiger partial charge in [0.15, 0.2) is 0 Å². The lowest BCUT2D eigenvalue weighted by Crippen LogP contribution is -2.49. The second-order valence-corrected chi connectivity index (χ2v) is 6.66. The number of benzene rings is 2. The van der Waals surface area contributed by atoms with Crippen LogP contribution in [0.5, 0.6) is 0 Å². The van der Waals surface area contributed by atoms with Crippen LogP contribution in [-0.2, 0) is 4.79 Å². The van der Waals surface area contributed by atoms with Crippen LogP contribution in [0.2, 0.25) is 5.02 Å². The molecule has 2 aromatic carbocycles. The first-order valence-corrected chi connectivity index (χ1v) is 8.00. The van der Waals surface area contributed by atoms with E-state index in [1.54, 1.807) is 24.3 Å². The van der Waals surface area contributed by atoms with Gasteiger partial charge in [0.2, 0.25) is 0 Å². The Balaban J connectivity index is 2.01. The molecule has 0 aliphatic rings. The van der Waals surface area contributed by atoms with Crippen molar-refractivity contribution in [2.75, 3.05) is 0 Å². The standard InChI is InChI=1S/C19H16ClNO4/c1-19(2,18(23)24)21-17(22)14-5-3-4-12-10-15(25-16(12)14)11-6-8-13(20)9-7-11/h3-10H,1-2H3,(H,21,22)(H,23,24). The normalized spacial score (nSPS) is 11.5. The smallest absolute Gasteiger partial charge is 0.328 e. The molecule has 128 valence electrons. The summed E-state index contributed by atoms with van der Waals surface area (Å²) in [7, 11) is 0. The summed E-state index contributed by atoms with van der Waals surface area (Å²) in [6, 6.07) is 14.2. The summed E-state index contributed by atoms with van der Waals surface area (Å²) in [6.45, 7) is 2.85. The van der Waals surface area contributed by atoms with E-state index >= 15 is 0 Å². The molecule has 3 rings (SSSR count). The summed E-state index contributed by atoms with van der Waals surface area (Å²) in [5, 5.41) is 13.1. The largest absolute Gasteiger partial charge is 0.480 e. The molecule has 0 aliphatic heterocycles. The summed E-state index contributed by atoms with van der Waals surface area (Å²) >= 11 is 5.90. The number of hydrogen-bond acceptors (Lipinski definition) is 3. The number of fused-ring (bicyclic) bond motifs is 1. The SMILES string of the molecule is CC(C)(NC(=O)c1cccc2cc(-c3ccc(Cl)cc3)oc12)C(=O)O. The summed E-state index contributed by atoms with van der Waals surface area (Å²) in [6.07, 6.45) is 0. The van der Waals surface area contributed by atoms with Gasteiger partial charge in [0, 0.05) is 16.0 Å². The van der Waals surface area contributed by atoms with Gasteiger partial charge in [-0.05, 0) is 50.2 Å². The zero-order chi connectivity index (χ0) is 18.2. The number of rotatable bonds is 4. The minimum Gasteiger partial charge on any atom is -0.480 e. The van der Waals surface area contributed by atoms with E-state index in [4.69, 9.17) is 16.0 Å². The Morgan fingerprint density at radius 3 is 2.44 bits per heavy atom. The van der Waals surface area contributed by atoms with Gasteiger partial charge >= 0.3 is 5.97 Å². The molecule has 0 fully saturated rings. The zero-order valence-corrected chi connectivity index (χ0v) is 14.4. The van der Waals surface area contributed by atoms with Crippen molar-refractivity contribution < 1.29 is 19.1 Å². The number of furan rings is 1. The average Bonchev–Trinajstić information content (AvgIpc) is 2.98. The molecular formula is C19H16ClNO4. The molecule has 0 saturated heterocycles. The summed E-state index contributed by atoms with van der Waals surface area (Å²) in [4.78, 5) is 23.7. The van der Waals surface area contributed by atoms with Crippen LogP contribution in [0, 0.1) is 0 Å². The van der Waals surface area contributed by atoms with Crippen LogP contribution in [0.25, 0.3) is 22.3 Å². The van der Waals surface area contributed by atoms with E-state index in [1.165, 1.54) is 13.8 Å². The van der Waals surface area contributed by atoms with Crippen molar-refractivity contribution in [2.45, 2.75) is 19.4 Å². The minimum absolute atomic E-state index is 0.284. The number of carboxylic acids is 1. The fourth-order valence-corrected chi connectivity index (χ4v) is 2.53. The zero-order valence-electron chi connectivity index (χ0n) is 13.7. The van der Waals surface area contributed by atoms with Crippen molar-refractivity contribution in [3.8, 4) is 11.3 Å². The Labute approximate surface area is 149 Å². The van der Waals surface area contributed by atoms with Gasteiger partial charge in [-0.1, -0.05) is 23.7 Å². The molecule has 1 aromatic heterocycles. The highest BCUT2D eigenvalue weighted by atomic mass is 35.5. The second-order valence-electron chi connectivity index (χ2n) is 6.23. The Kier molecular flexibility index (Phi) is 4.27. The van der Waals surface area contributed by atoms with Crippen molar-refractivity contribution in [3.63, 3.8) is 0 Å². The maximum atomic E-state index is 12.5. The fraction of sp³-hybridized carbons (Fsp3) is 0.158. The van der Waals surface area contributed by atoms with Gasteiger partial charge < -0.3 is 14.8 Å². The van der Waals surface area contributed by atoms with Crippen LogP contribution < -0.4 is 5.32 Å². The van der Waals surface area contributed by atoms with Gasteiger partial charge in [-0.25, -0.2) is 4.79 Å². The monoisotopic (exact) mass is 357 g/mol. The molecule has 1 heterocycles. The molecule has 3 aromatic rings. The van der Waals surface area contributed by atoms with Gasteiger partial charge in [0.05, 0.1) is 5.56 Å². The maximum Gasteiger partial charge on any atom is 0.328 e. The third-order valence-corrected chi connectivity index (χ3v) is 4.13. The second kappa shape index (κ2) is 6.26. The fourth-order valence-electron chi connectivity index (χ4n) is 2.40. The van der Waals surface area contributed by atoms with Gasteiger partial charge in [-0.15, -0.1) is 0 Å². The Morgan fingerprint density at radius 1 is 1.12 bits per heavy atom. The van der Waals surface area contributed by atoms with Crippen LogP contribution in [0.1, 0.15) is 24.2 Å². The summed E-state index contributed by atoms with van der Waals surface area (Å²) in [5.74, 6) is -1.02. The van der Waals surface area contributed by atoms with E-state index in [-0.39, 0.29) is 5.56 Å². The lowest BCUT2D eigenvalue weighted by molar-refractivity contribution is -0.143. The quantitative estimate of drug-likeness (QED) is 0.727. The van der Waals surface area contributed by atoms with Gasteiger partial charge in [0.25, 0.3) is 5.91 Å². The Hall–Kier alpha value is -2.79. The van der Waals surface area contributed by atoms with Crippen molar-refractivity contribution >= 4 is 34.4 Å². The third-order valence-electron chi connectivity index (χ3n) is 3.88. The number of hydrogen-bond donors (Lipinski definition) is 2. The number of aliphatic carboxylic acids is 1. The van der Waals surface area contributed by atoms with E-state index in [1.807, 2.05) is 24.3 Å². The van der Waals surface area contributed by atoms with Crippen LogP contribution in [0.3, 0.4) is 0 Å². The van der Waals surface area contributed by atoms with E-state index in [2.05, 4.69) is 5.32 Å². The molecule has 2 N–H and O–H groups in total. The van der Waals surface area contributed by atoms with E-state index in [0.717, 1.165) is 10.9 Å². The maximum absolute atomic E-state index is 12.5. The first-order chi connectivity index (χ1) is 11.8. The number of amides is 1. The summed E-state index contributed by atoms with van der Waals surface area (Å²) in [5.41, 5.74) is 0.140.